The van der Waals surface area contributed by atoms with Crippen molar-refractivity contribution < 1.29 is 0 Å². The Bertz CT molecular complexity index is 951. The van der Waals surface area contributed by atoms with Crippen molar-refractivity contribution in [1.29, 1.82) is 0 Å². The van der Waals surface area contributed by atoms with E-state index in [0.717, 1.165) is 41.9 Å². The van der Waals surface area contributed by atoms with Gasteiger partial charge in [-0.2, -0.15) is 5.10 Å². The van der Waals surface area contributed by atoms with E-state index < -0.39 is 0 Å². The van der Waals surface area contributed by atoms with Crippen LogP contribution in [0, 0.1) is 27.7 Å². The fraction of sp³-hybridized carbons (Fsp3) is 0.409. The number of guanidine groups is 1. The Hall–Kier alpha value is -2.67. The van der Waals surface area contributed by atoms with E-state index in [9.17, 15) is 0 Å². The predicted octanol–water partition coefficient (Wildman–Crippen LogP) is 3.53. The van der Waals surface area contributed by atoms with Crippen molar-refractivity contribution in [2.45, 2.75) is 47.2 Å². The summed E-state index contributed by atoms with van der Waals surface area (Å²) in [5, 5.41) is 12.7. The van der Waals surface area contributed by atoms with E-state index in [4.69, 9.17) is 5.10 Å². The molecule has 7 heteroatoms. The average Bonchev–Trinajstić information content (AvgIpc) is 3.17. The Morgan fingerprint density at radius 3 is 2.48 bits per heavy atom. The number of rotatable bonds is 7. The molecule has 3 rings (SSSR count). The monoisotopic (exact) mass is 410 g/mol. The van der Waals surface area contributed by atoms with Crippen molar-refractivity contribution in [3.63, 3.8) is 0 Å². The second-order valence-corrected chi connectivity index (χ2v) is 8.43. The molecule has 0 aliphatic heterocycles. The minimum absolute atomic E-state index is 0.696. The van der Waals surface area contributed by atoms with E-state index in [1.165, 1.54) is 21.7 Å². The first-order chi connectivity index (χ1) is 14.0. The van der Waals surface area contributed by atoms with E-state index in [-0.39, 0.29) is 0 Å². The van der Waals surface area contributed by atoms with Crippen molar-refractivity contribution in [2.75, 3.05) is 13.6 Å². The lowest BCUT2D eigenvalue weighted by Gasteiger charge is -2.12. The van der Waals surface area contributed by atoms with Crippen LogP contribution in [0.2, 0.25) is 0 Å². The molecule has 0 atom stereocenters. The molecule has 0 fully saturated rings. The van der Waals surface area contributed by atoms with Crippen molar-refractivity contribution in [2.24, 2.45) is 4.99 Å². The second kappa shape index (κ2) is 9.69. The first-order valence-electron chi connectivity index (χ1n) is 9.92. The van der Waals surface area contributed by atoms with E-state index in [2.05, 4.69) is 77.3 Å². The quantitative estimate of drug-likeness (QED) is 0.462. The summed E-state index contributed by atoms with van der Waals surface area (Å²) in [5.74, 6) is 0.796. The molecule has 3 aromatic rings. The zero-order chi connectivity index (χ0) is 20.8. The Kier molecular flexibility index (Phi) is 7.04. The largest absolute Gasteiger partial charge is 0.356 e. The van der Waals surface area contributed by atoms with Gasteiger partial charge in [-0.05, 0) is 33.3 Å². The number of nitrogens with zero attached hydrogens (tertiary/aromatic N) is 4. The molecule has 0 spiro atoms. The number of aromatic nitrogens is 3. The summed E-state index contributed by atoms with van der Waals surface area (Å²) in [4.78, 5) is 10.2. The Balaban J connectivity index is 1.55. The summed E-state index contributed by atoms with van der Waals surface area (Å²) < 4.78 is 2.07. The fourth-order valence-corrected chi connectivity index (χ4v) is 4.16. The van der Waals surface area contributed by atoms with Crippen molar-refractivity contribution in [1.82, 2.24) is 25.4 Å². The van der Waals surface area contributed by atoms with Crippen LogP contribution in [0.4, 0.5) is 0 Å². The topological polar surface area (TPSA) is 67.1 Å². The van der Waals surface area contributed by atoms with Crippen molar-refractivity contribution >= 4 is 17.3 Å². The minimum Gasteiger partial charge on any atom is -0.356 e. The van der Waals surface area contributed by atoms with Crippen LogP contribution in [-0.4, -0.2) is 34.3 Å². The van der Waals surface area contributed by atoms with Crippen molar-refractivity contribution in [3.05, 3.63) is 68.4 Å². The zero-order valence-corrected chi connectivity index (χ0v) is 18.7. The number of aliphatic imine (C=N–C) groups is 1. The molecule has 2 N–H and O–H groups in total. The van der Waals surface area contributed by atoms with Crippen LogP contribution >= 0.6 is 11.3 Å². The van der Waals surface area contributed by atoms with Gasteiger partial charge in [0.25, 0.3) is 0 Å². The van der Waals surface area contributed by atoms with Crippen LogP contribution < -0.4 is 10.6 Å². The van der Waals surface area contributed by atoms with E-state index in [1.807, 2.05) is 6.07 Å². The maximum Gasteiger partial charge on any atom is 0.191 e. The number of nitrogens with one attached hydrogen (secondary N) is 2. The first kappa shape index (κ1) is 21.0. The smallest absolute Gasteiger partial charge is 0.191 e. The van der Waals surface area contributed by atoms with Crippen LogP contribution in [-0.2, 0) is 19.5 Å². The number of benzene rings is 1. The molecule has 0 radical (unpaired) electrons. The zero-order valence-electron chi connectivity index (χ0n) is 17.9. The Labute approximate surface area is 177 Å². The normalized spacial score (nSPS) is 11.7. The maximum absolute atomic E-state index is 4.73. The summed E-state index contributed by atoms with van der Waals surface area (Å²) in [5.41, 5.74) is 5.84. The minimum atomic E-state index is 0.696. The molecule has 6 nitrogen and oxygen atoms in total. The lowest BCUT2D eigenvalue weighted by molar-refractivity contribution is 0.657. The molecule has 0 saturated carbocycles. The SMILES string of the molecule is CN=C(NCCc1nc(C)c(C)s1)NCc1c(C)nn(Cc2ccccc2)c1C. The maximum atomic E-state index is 4.73. The molecule has 2 aromatic heterocycles. The van der Waals surface area contributed by atoms with Crippen LogP contribution in [0.3, 0.4) is 0 Å². The Morgan fingerprint density at radius 2 is 1.83 bits per heavy atom. The summed E-state index contributed by atoms with van der Waals surface area (Å²) in [6.07, 6.45) is 0.896. The molecule has 0 bridgehead atoms. The highest BCUT2D eigenvalue weighted by atomic mass is 32.1. The average molecular weight is 411 g/mol. The summed E-state index contributed by atoms with van der Waals surface area (Å²) >= 11 is 1.77. The molecule has 2 heterocycles. The molecule has 29 heavy (non-hydrogen) atoms. The molecule has 0 aliphatic rings. The van der Waals surface area contributed by atoms with Gasteiger partial charge in [0.2, 0.25) is 0 Å². The van der Waals surface area contributed by atoms with Gasteiger partial charge in [0.05, 0.1) is 22.9 Å². The van der Waals surface area contributed by atoms with Gasteiger partial charge in [-0.25, -0.2) is 4.98 Å². The van der Waals surface area contributed by atoms with Gasteiger partial charge < -0.3 is 10.6 Å². The van der Waals surface area contributed by atoms with Gasteiger partial charge in [-0.3, -0.25) is 9.67 Å². The molecule has 1 aromatic carbocycles. The number of aryl methyl sites for hydroxylation is 3. The first-order valence-corrected chi connectivity index (χ1v) is 10.7. The Morgan fingerprint density at radius 1 is 1.07 bits per heavy atom. The summed E-state index contributed by atoms with van der Waals surface area (Å²) in [6.45, 7) is 10.7. The molecule has 154 valence electrons. The predicted molar refractivity (Wildman–Crippen MR) is 121 cm³/mol. The highest BCUT2D eigenvalue weighted by Gasteiger charge is 2.12. The number of thiazole rings is 1. The molecular weight excluding hydrogens is 380 g/mol. The fourth-order valence-electron chi connectivity index (χ4n) is 3.23. The molecule has 0 saturated heterocycles. The third kappa shape index (κ3) is 5.44. The van der Waals surface area contributed by atoms with Crippen LogP contribution in [0.5, 0.6) is 0 Å². The third-order valence-corrected chi connectivity index (χ3v) is 6.20. The number of hydrogen-bond donors (Lipinski definition) is 2. The van der Waals surface area contributed by atoms with Gasteiger partial charge in [-0.1, -0.05) is 30.3 Å². The number of hydrogen-bond acceptors (Lipinski definition) is 4. The molecule has 0 aliphatic carbocycles. The molecular formula is C22H30N6S. The lowest BCUT2D eigenvalue weighted by atomic mass is 10.2. The molecule has 0 amide bonds. The van der Waals surface area contributed by atoms with Crippen LogP contribution in [0.1, 0.15) is 38.1 Å². The van der Waals surface area contributed by atoms with E-state index in [1.54, 1.807) is 18.4 Å². The third-order valence-electron chi connectivity index (χ3n) is 5.07. The van der Waals surface area contributed by atoms with Crippen LogP contribution in [0.25, 0.3) is 0 Å². The van der Waals surface area contributed by atoms with Crippen molar-refractivity contribution in [3.8, 4) is 0 Å². The van der Waals surface area contributed by atoms with Crippen LogP contribution in [0.15, 0.2) is 35.3 Å². The highest BCUT2D eigenvalue weighted by molar-refractivity contribution is 7.11. The van der Waals surface area contributed by atoms with Gasteiger partial charge >= 0.3 is 0 Å². The van der Waals surface area contributed by atoms with Gasteiger partial charge in [0.1, 0.15) is 0 Å². The second-order valence-electron chi connectivity index (χ2n) is 7.14. The summed E-state index contributed by atoms with van der Waals surface area (Å²) in [6, 6.07) is 10.4. The molecule has 0 unspecified atom stereocenters. The van der Waals surface area contributed by atoms with Gasteiger partial charge in [0, 0.05) is 42.7 Å². The standard InChI is InChI=1S/C22H30N6S/c1-15-18(4)29-21(26-15)11-12-24-22(23-5)25-13-20-16(2)27-28(17(20)3)14-19-9-7-6-8-10-19/h6-10H,11-14H2,1-5H3,(H2,23,24,25). The van der Waals surface area contributed by atoms with E-state index >= 15 is 0 Å². The highest BCUT2D eigenvalue weighted by Crippen LogP contribution is 2.16. The lowest BCUT2D eigenvalue weighted by Crippen LogP contribution is -2.38. The van der Waals surface area contributed by atoms with Gasteiger partial charge in [-0.15, -0.1) is 11.3 Å². The van der Waals surface area contributed by atoms with E-state index in [0.29, 0.717) is 6.54 Å². The van der Waals surface area contributed by atoms with Gasteiger partial charge in [0.15, 0.2) is 5.96 Å². The summed E-state index contributed by atoms with van der Waals surface area (Å²) in [7, 11) is 1.80.